The van der Waals surface area contributed by atoms with Crippen LogP contribution in [-0.4, -0.2) is 32.7 Å². The van der Waals surface area contributed by atoms with Gasteiger partial charge in [0.05, 0.1) is 0 Å². The Morgan fingerprint density at radius 1 is 1.69 bits per heavy atom. The number of amides is 1. The van der Waals surface area contributed by atoms with Crippen molar-refractivity contribution in [1.29, 1.82) is 0 Å². The fourth-order valence-electron chi connectivity index (χ4n) is 1.44. The van der Waals surface area contributed by atoms with Crippen LogP contribution in [-0.2, 0) is 17.8 Å². The van der Waals surface area contributed by atoms with Crippen LogP contribution in [0.1, 0.15) is 17.4 Å². The summed E-state index contributed by atoms with van der Waals surface area (Å²) in [6.45, 7) is 1.84. The summed E-state index contributed by atoms with van der Waals surface area (Å²) >= 11 is 3.31. The molecule has 1 N–H and O–H groups in total. The molecule has 0 radical (unpaired) electrons. The second-order valence-corrected chi connectivity index (χ2v) is 6.16. The van der Waals surface area contributed by atoms with E-state index in [1.165, 1.54) is 0 Å². The largest absolute Gasteiger partial charge is 0.347 e. The molecule has 4 nitrogen and oxygen atoms in total. The summed E-state index contributed by atoms with van der Waals surface area (Å²) in [7, 11) is 0.908. The van der Waals surface area contributed by atoms with Gasteiger partial charge in [0.2, 0.25) is 0 Å². The average molecular weight is 307 g/mol. The lowest BCUT2D eigenvalue weighted by molar-refractivity contribution is 0.0935. The minimum Gasteiger partial charge on any atom is -0.347 e. The molecule has 0 saturated heterocycles. The van der Waals surface area contributed by atoms with Gasteiger partial charge < -0.3 is 9.88 Å². The number of carbonyl (C=O) groups is 1. The fourth-order valence-corrected chi connectivity index (χ4v) is 2.75. The van der Waals surface area contributed by atoms with Crippen LogP contribution < -0.4 is 5.32 Å². The molecule has 2 unspecified atom stereocenters. The third-order valence-electron chi connectivity index (χ3n) is 2.07. The number of nitrogens with one attached hydrogen (secondary N) is 1. The molecule has 0 aromatic carbocycles. The van der Waals surface area contributed by atoms with Crippen LogP contribution >= 0.6 is 15.9 Å². The number of aromatic nitrogens is 1. The van der Waals surface area contributed by atoms with E-state index in [4.69, 9.17) is 0 Å². The topological polar surface area (TPSA) is 51.1 Å². The lowest BCUT2D eigenvalue weighted by atomic mass is 10.3. The van der Waals surface area contributed by atoms with Gasteiger partial charge in [-0.2, -0.15) is 0 Å². The molecule has 1 aromatic heterocycles. The van der Waals surface area contributed by atoms with Crippen molar-refractivity contribution >= 4 is 32.6 Å². The van der Waals surface area contributed by atoms with Gasteiger partial charge in [-0.1, -0.05) is 0 Å². The van der Waals surface area contributed by atoms with E-state index in [0.717, 1.165) is 4.47 Å². The fraction of sp³-hybridized carbons (Fsp3) is 0.500. The van der Waals surface area contributed by atoms with Gasteiger partial charge in [0.25, 0.3) is 5.91 Å². The second-order valence-electron chi connectivity index (χ2n) is 3.77. The number of hydrogen-bond acceptors (Lipinski definition) is 2. The number of hydrogen-bond donors (Lipinski definition) is 1. The van der Waals surface area contributed by atoms with Crippen LogP contribution in [0.4, 0.5) is 0 Å². The van der Waals surface area contributed by atoms with Crippen molar-refractivity contribution in [2.24, 2.45) is 7.05 Å². The van der Waals surface area contributed by atoms with E-state index >= 15 is 0 Å². The molecule has 2 atom stereocenters. The number of aryl methyl sites for hydroxylation is 1. The molecule has 1 amide bonds. The molecule has 0 saturated carbocycles. The van der Waals surface area contributed by atoms with E-state index in [9.17, 15) is 9.00 Å². The Balaban J connectivity index is 2.65. The van der Waals surface area contributed by atoms with Crippen molar-refractivity contribution < 1.29 is 9.00 Å². The summed E-state index contributed by atoms with van der Waals surface area (Å²) in [6.07, 6.45) is 3.44. The molecule has 16 heavy (non-hydrogen) atoms. The summed E-state index contributed by atoms with van der Waals surface area (Å²) in [5.41, 5.74) is 0.584. The van der Waals surface area contributed by atoms with Crippen LogP contribution in [0.3, 0.4) is 0 Å². The standard InChI is InChI=1S/C10H15BrN2O2S/c1-7(6-16(3)15)12-10(14)9-4-8(11)5-13(9)2/h4-5,7H,6H2,1-3H3,(H,12,14). The molecular formula is C10H15BrN2O2S. The zero-order valence-corrected chi connectivity index (χ0v) is 11.9. The normalized spacial score (nSPS) is 14.5. The van der Waals surface area contributed by atoms with Gasteiger partial charge in [0.1, 0.15) is 5.69 Å². The number of nitrogens with zero attached hydrogens (tertiary/aromatic N) is 1. The van der Waals surface area contributed by atoms with Crippen LogP contribution in [0.25, 0.3) is 0 Å². The molecule has 0 aliphatic carbocycles. The molecular weight excluding hydrogens is 292 g/mol. The Kier molecular flexibility index (Phi) is 4.73. The highest BCUT2D eigenvalue weighted by Crippen LogP contribution is 2.13. The van der Waals surface area contributed by atoms with Gasteiger partial charge >= 0.3 is 0 Å². The Hall–Kier alpha value is -0.620. The van der Waals surface area contributed by atoms with Gasteiger partial charge in [-0.05, 0) is 28.9 Å². The lowest BCUT2D eigenvalue weighted by Crippen LogP contribution is -2.36. The highest BCUT2D eigenvalue weighted by molar-refractivity contribution is 9.10. The first-order chi connectivity index (χ1) is 7.40. The summed E-state index contributed by atoms with van der Waals surface area (Å²) in [4.78, 5) is 11.8. The van der Waals surface area contributed by atoms with Crippen molar-refractivity contribution in [2.75, 3.05) is 12.0 Å². The number of carbonyl (C=O) groups excluding carboxylic acids is 1. The number of rotatable bonds is 4. The molecule has 90 valence electrons. The number of halogens is 1. The van der Waals surface area contributed by atoms with Crippen molar-refractivity contribution in [1.82, 2.24) is 9.88 Å². The molecule has 1 aromatic rings. The minimum atomic E-state index is -0.899. The van der Waals surface area contributed by atoms with E-state index in [1.54, 1.807) is 16.9 Å². The van der Waals surface area contributed by atoms with Gasteiger partial charge in [0, 0.05) is 46.6 Å². The maximum absolute atomic E-state index is 11.8. The van der Waals surface area contributed by atoms with E-state index in [2.05, 4.69) is 21.2 Å². The van der Waals surface area contributed by atoms with E-state index in [-0.39, 0.29) is 11.9 Å². The lowest BCUT2D eigenvalue weighted by Gasteiger charge is -2.12. The van der Waals surface area contributed by atoms with Crippen LogP contribution in [0.2, 0.25) is 0 Å². The highest BCUT2D eigenvalue weighted by atomic mass is 79.9. The molecule has 1 rings (SSSR count). The van der Waals surface area contributed by atoms with Crippen LogP contribution in [0, 0.1) is 0 Å². The van der Waals surface area contributed by atoms with Crippen LogP contribution in [0.15, 0.2) is 16.7 Å². The van der Waals surface area contributed by atoms with Crippen LogP contribution in [0.5, 0.6) is 0 Å². The predicted octanol–water partition coefficient (Wildman–Crippen LogP) is 1.28. The zero-order valence-electron chi connectivity index (χ0n) is 9.49. The van der Waals surface area contributed by atoms with E-state index < -0.39 is 10.8 Å². The Labute approximate surface area is 106 Å². The van der Waals surface area contributed by atoms with Crippen molar-refractivity contribution in [3.8, 4) is 0 Å². The summed E-state index contributed by atoms with van der Waals surface area (Å²) in [5.74, 6) is 0.322. The third-order valence-corrected chi connectivity index (χ3v) is 3.47. The molecule has 0 aliphatic rings. The first kappa shape index (κ1) is 13.4. The smallest absolute Gasteiger partial charge is 0.268 e. The third kappa shape index (κ3) is 3.75. The van der Waals surface area contributed by atoms with Gasteiger partial charge in [0.15, 0.2) is 0 Å². The average Bonchev–Trinajstić information content (AvgIpc) is 2.43. The first-order valence-electron chi connectivity index (χ1n) is 4.83. The quantitative estimate of drug-likeness (QED) is 0.911. The van der Waals surface area contributed by atoms with E-state index in [0.29, 0.717) is 11.4 Å². The SMILES string of the molecule is CC(CS(C)=O)NC(=O)c1cc(Br)cn1C. The summed E-state index contributed by atoms with van der Waals surface area (Å²) in [6, 6.07) is 1.66. The molecule has 6 heteroatoms. The molecule has 0 spiro atoms. The second kappa shape index (κ2) is 5.63. The monoisotopic (exact) mass is 306 g/mol. The maximum atomic E-state index is 11.8. The van der Waals surface area contributed by atoms with Crippen molar-refractivity contribution in [3.05, 3.63) is 22.4 Å². The van der Waals surface area contributed by atoms with Gasteiger partial charge in [-0.25, -0.2) is 0 Å². The Morgan fingerprint density at radius 2 is 2.31 bits per heavy atom. The minimum absolute atomic E-state index is 0.0907. The summed E-state index contributed by atoms with van der Waals surface area (Å²) < 4.78 is 13.6. The molecule has 0 fully saturated rings. The Bertz CT molecular complexity index is 417. The zero-order chi connectivity index (χ0) is 12.3. The van der Waals surface area contributed by atoms with E-state index in [1.807, 2.05) is 20.2 Å². The maximum Gasteiger partial charge on any atom is 0.268 e. The summed E-state index contributed by atoms with van der Waals surface area (Å²) in [5, 5.41) is 2.81. The van der Waals surface area contributed by atoms with Crippen molar-refractivity contribution in [2.45, 2.75) is 13.0 Å². The predicted molar refractivity (Wildman–Crippen MR) is 69.0 cm³/mol. The van der Waals surface area contributed by atoms with Gasteiger partial charge in [-0.3, -0.25) is 9.00 Å². The molecule has 1 heterocycles. The first-order valence-corrected chi connectivity index (χ1v) is 7.35. The molecule has 0 bridgehead atoms. The Morgan fingerprint density at radius 3 is 2.75 bits per heavy atom. The van der Waals surface area contributed by atoms with Crippen molar-refractivity contribution in [3.63, 3.8) is 0 Å². The van der Waals surface area contributed by atoms with Gasteiger partial charge in [-0.15, -0.1) is 0 Å². The highest BCUT2D eigenvalue weighted by Gasteiger charge is 2.14. The molecule has 0 aliphatic heterocycles.